The van der Waals surface area contributed by atoms with Crippen molar-refractivity contribution < 1.29 is 13.9 Å². The van der Waals surface area contributed by atoms with Crippen LogP contribution in [-0.4, -0.2) is 13.2 Å². The molecule has 0 fully saturated rings. The highest BCUT2D eigenvalue weighted by atomic mass is 35.5. The van der Waals surface area contributed by atoms with Gasteiger partial charge in [-0.25, -0.2) is 4.39 Å². The molecule has 0 saturated heterocycles. The number of ether oxygens (including phenoxy) is 2. The fourth-order valence-corrected chi connectivity index (χ4v) is 2.95. The first kappa shape index (κ1) is 18.3. The SMILES string of the molecule is C=C(C)c1cc(OCC)c(OCC)c(-c2ccc(F)cc2)c1CCl. The number of alkyl halides is 1. The maximum absolute atomic E-state index is 13.3. The highest BCUT2D eigenvalue weighted by molar-refractivity contribution is 6.18. The summed E-state index contributed by atoms with van der Waals surface area (Å²) in [5.74, 6) is 1.28. The fourth-order valence-electron chi connectivity index (χ4n) is 2.67. The van der Waals surface area contributed by atoms with Crippen LogP contribution in [0.5, 0.6) is 11.5 Å². The summed E-state index contributed by atoms with van der Waals surface area (Å²) >= 11 is 6.25. The van der Waals surface area contributed by atoms with Crippen LogP contribution in [-0.2, 0) is 5.88 Å². The molecule has 0 heterocycles. The van der Waals surface area contributed by atoms with Crippen molar-refractivity contribution in [1.82, 2.24) is 0 Å². The first-order chi connectivity index (χ1) is 11.5. The summed E-state index contributed by atoms with van der Waals surface area (Å²) in [6.07, 6.45) is 0. The van der Waals surface area contributed by atoms with Gasteiger partial charge in [-0.05, 0) is 55.7 Å². The molecule has 2 nitrogen and oxygen atoms in total. The van der Waals surface area contributed by atoms with Gasteiger partial charge in [0.05, 0.1) is 13.2 Å². The topological polar surface area (TPSA) is 18.5 Å². The van der Waals surface area contributed by atoms with Crippen molar-refractivity contribution in [1.29, 1.82) is 0 Å². The van der Waals surface area contributed by atoms with E-state index in [0.29, 0.717) is 30.6 Å². The molecular weight excluding hydrogens is 327 g/mol. The van der Waals surface area contributed by atoms with Crippen molar-refractivity contribution in [2.75, 3.05) is 13.2 Å². The van der Waals surface area contributed by atoms with Crippen LogP contribution in [0.2, 0.25) is 0 Å². The molecule has 0 atom stereocenters. The molecule has 0 spiro atoms. The predicted molar refractivity (Wildman–Crippen MR) is 98.4 cm³/mol. The maximum Gasteiger partial charge on any atom is 0.169 e. The van der Waals surface area contributed by atoms with Crippen molar-refractivity contribution in [2.45, 2.75) is 26.7 Å². The number of allylic oxidation sites excluding steroid dienone is 1. The van der Waals surface area contributed by atoms with Gasteiger partial charge in [0.2, 0.25) is 0 Å². The van der Waals surface area contributed by atoms with E-state index in [1.807, 2.05) is 26.8 Å². The van der Waals surface area contributed by atoms with Crippen LogP contribution >= 0.6 is 11.6 Å². The van der Waals surface area contributed by atoms with Gasteiger partial charge in [-0.3, -0.25) is 0 Å². The van der Waals surface area contributed by atoms with Crippen LogP contribution < -0.4 is 9.47 Å². The van der Waals surface area contributed by atoms with E-state index in [4.69, 9.17) is 21.1 Å². The Kier molecular flexibility index (Phi) is 6.27. The van der Waals surface area contributed by atoms with E-state index in [1.165, 1.54) is 12.1 Å². The van der Waals surface area contributed by atoms with E-state index < -0.39 is 0 Å². The van der Waals surface area contributed by atoms with Crippen LogP contribution in [0.25, 0.3) is 16.7 Å². The van der Waals surface area contributed by atoms with Gasteiger partial charge in [-0.15, -0.1) is 11.6 Å². The maximum atomic E-state index is 13.3. The zero-order valence-electron chi connectivity index (χ0n) is 14.3. The summed E-state index contributed by atoms with van der Waals surface area (Å²) in [5.41, 5.74) is 4.38. The first-order valence-corrected chi connectivity index (χ1v) is 8.50. The van der Waals surface area contributed by atoms with Crippen molar-refractivity contribution in [3.05, 3.63) is 53.9 Å². The summed E-state index contributed by atoms with van der Waals surface area (Å²) in [4.78, 5) is 0. The second kappa shape index (κ2) is 8.20. The Labute approximate surface area is 147 Å². The molecule has 0 aromatic heterocycles. The molecular formula is C20H22ClFO2. The van der Waals surface area contributed by atoms with E-state index in [9.17, 15) is 4.39 Å². The second-order valence-electron chi connectivity index (χ2n) is 5.39. The Bertz CT molecular complexity index is 723. The molecule has 0 aliphatic carbocycles. The van der Waals surface area contributed by atoms with Crippen LogP contribution in [0.1, 0.15) is 31.9 Å². The minimum Gasteiger partial charge on any atom is -0.490 e. The molecule has 2 aromatic carbocycles. The average molecular weight is 349 g/mol. The standard InChI is InChI=1S/C20H22ClFO2/c1-5-23-18-11-16(13(3)4)17(12-21)19(20(18)24-6-2)14-7-9-15(22)10-8-14/h7-11H,3,5-6,12H2,1-2,4H3. The second-order valence-corrected chi connectivity index (χ2v) is 5.66. The Morgan fingerprint density at radius 1 is 1.12 bits per heavy atom. The van der Waals surface area contributed by atoms with E-state index in [-0.39, 0.29) is 5.82 Å². The Morgan fingerprint density at radius 3 is 2.25 bits per heavy atom. The predicted octanol–water partition coefficient (Wildman–Crippen LogP) is 6.06. The van der Waals surface area contributed by atoms with Crippen LogP contribution in [0.15, 0.2) is 36.9 Å². The van der Waals surface area contributed by atoms with Gasteiger partial charge in [0.15, 0.2) is 11.5 Å². The molecule has 24 heavy (non-hydrogen) atoms. The van der Waals surface area contributed by atoms with Gasteiger partial charge in [0.25, 0.3) is 0 Å². The minimum atomic E-state index is -0.287. The van der Waals surface area contributed by atoms with Gasteiger partial charge < -0.3 is 9.47 Å². The van der Waals surface area contributed by atoms with Gasteiger partial charge in [0.1, 0.15) is 5.82 Å². The minimum absolute atomic E-state index is 0.287. The average Bonchev–Trinajstić information content (AvgIpc) is 2.56. The van der Waals surface area contributed by atoms with Crippen LogP contribution in [0.3, 0.4) is 0 Å². The highest BCUT2D eigenvalue weighted by Gasteiger charge is 2.21. The zero-order chi connectivity index (χ0) is 17.7. The Morgan fingerprint density at radius 2 is 1.75 bits per heavy atom. The molecule has 2 aromatic rings. The normalized spacial score (nSPS) is 10.5. The molecule has 0 aliphatic rings. The molecule has 128 valence electrons. The molecule has 0 unspecified atom stereocenters. The van der Waals surface area contributed by atoms with Crippen LogP contribution in [0.4, 0.5) is 4.39 Å². The number of halogens is 2. The fraction of sp³-hybridized carbons (Fsp3) is 0.300. The molecule has 0 N–H and O–H groups in total. The summed E-state index contributed by atoms with van der Waals surface area (Å²) in [6.45, 7) is 10.8. The number of hydrogen-bond donors (Lipinski definition) is 0. The monoisotopic (exact) mass is 348 g/mol. The summed E-state index contributed by atoms with van der Waals surface area (Å²) < 4.78 is 25.0. The van der Waals surface area contributed by atoms with Gasteiger partial charge in [0, 0.05) is 11.4 Å². The lowest BCUT2D eigenvalue weighted by Crippen LogP contribution is -2.04. The third-order valence-electron chi connectivity index (χ3n) is 3.67. The van der Waals surface area contributed by atoms with Crippen molar-refractivity contribution in [3.63, 3.8) is 0 Å². The van der Waals surface area contributed by atoms with E-state index in [1.54, 1.807) is 12.1 Å². The van der Waals surface area contributed by atoms with Crippen molar-refractivity contribution in [2.24, 2.45) is 0 Å². The smallest absolute Gasteiger partial charge is 0.169 e. The van der Waals surface area contributed by atoms with Gasteiger partial charge in [-0.1, -0.05) is 24.3 Å². The molecule has 0 amide bonds. The third-order valence-corrected chi connectivity index (χ3v) is 3.94. The Balaban J connectivity index is 2.83. The lowest BCUT2D eigenvalue weighted by atomic mass is 9.92. The summed E-state index contributed by atoms with van der Waals surface area (Å²) in [7, 11) is 0. The van der Waals surface area contributed by atoms with Gasteiger partial charge >= 0.3 is 0 Å². The van der Waals surface area contributed by atoms with Crippen LogP contribution in [0, 0.1) is 5.82 Å². The summed E-state index contributed by atoms with van der Waals surface area (Å²) in [5, 5.41) is 0. The van der Waals surface area contributed by atoms with Gasteiger partial charge in [-0.2, -0.15) is 0 Å². The lowest BCUT2D eigenvalue weighted by Gasteiger charge is -2.21. The molecule has 0 saturated carbocycles. The quantitative estimate of drug-likeness (QED) is 0.566. The first-order valence-electron chi connectivity index (χ1n) is 7.96. The van der Waals surface area contributed by atoms with E-state index in [2.05, 4.69) is 6.58 Å². The zero-order valence-corrected chi connectivity index (χ0v) is 15.0. The third kappa shape index (κ3) is 3.73. The van der Waals surface area contributed by atoms with Crippen molar-refractivity contribution in [3.8, 4) is 22.6 Å². The number of rotatable bonds is 7. The molecule has 0 bridgehead atoms. The number of benzene rings is 2. The molecule has 2 rings (SSSR count). The molecule has 0 aliphatic heterocycles. The molecule has 0 radical (unpaired) electrons. The van der Waals surface area contributed by atoms with Crippen molar-refractivity contribution >= 4 is 17.2 Å². The summed E-state index contributed by atoms with van der Waals surface area (Å²) in [6, 6.07) is 8.22. The Hall–Kier alpha value is -2.00. The van der Waals surface area contributed by atoms with E-state index in [0.717, 1.165) is 27.8 Å². The lowest BCUT2D eigenvalue weighted by molar-refractivity contribution is 0.288. The van der Waals surface area contributed by atoms with E-state index >= 15 is 0 Å². The largest absolute Gasteiger partial charge is 0.490 e. The molecule has 4 heteroatoms. The number of hydrogen-bond acceptors (Lipinski definition) is 2. The highest BCUT2D eigenvalue weighted by Crippen LogP contribution is 2.45.